The topological polar surface area (TPSA) is 93.0 Å². The number of hydrogen-bond donors (Lipinski definition) is 3. The van der Waals surface area contributed by atoms with Crippen molar-refractivity contribution in [1.29, 1.82) is 0 Å². The first kappa shape index (κ1) is 9.17. The normalized spacial score (nSPS) is 26.4. The summed E-state index contributed by atoms with van der Waals surface area (Å²) in [6.07, 6.45) is 1.57. The summed E-state index contributed by atoms with van der Waals surface area (Å²) in [6.45, 7) is 0.836. The van der Waals surface area contributed by atoms with Crippen molar-refractivity contribution in [1.82, 2.24) is 10.2 Å². The van der Waals surface area contributed by atoms with Gasteiger partial charge >= 0.3 is 0 Å². The Labute approximate surface area is 80.8 Å². The number of aromatic nitrogens is 2. The van der Waals surface area contributed by atoms with Crippen LogP contribution in [0.5, 0.6) is 0 Å². The number of nitrogens with zero attached hydrogens (tertiary/aromatic N) is 1. The van der Waals surface area contributed by atoms with Gasteiger partial charge in [-0.15, -0.1) is 0 Å². The van der Waals surface area contributed by atoms with Gasteiger partial charge in [-0.1, -0.05) is 0 Å². The highest BCUT2D eigenvalue weighted by molar-refractivity contribution is 5.92. The minimum Gasteiger partial charge on any atom is -0.379 e. The molecule has 1 saturated heterocycles. The maximum atomic E-state index is 11.6. The fourth-order valence-corrected chi connectivity index (χ4v) is 1.39. The fraction of sp³-hybridized carbons (Fsp3) is 0.500. The summed E-state index contributed by atoms with van der Waals surface area (Å²) in [4.78, 5) is 11.6. The molecule has 2 unspecified atom stereocenters. The number of hydrogen-bond acceptors (Lipinski definition) is 4. The fourth-order valence-electron chi connectivity index (χ4n) is 1.39. The van der Waals surface area contributed by atoms with Gasteiger partial charge in [0.1, 0.15) is 5.82 Å². The highest BCUT2D eigenvalue weighted by atomic mass is 16.5. The van der Waals surface area contributed by atoms with Crippen LogP contribution in [-0.4, -0.2) is 35.4 Å². The van der Waals surface area contributed by atoms with Crippen LogP contribution in [0.25, 0.3) is 0 Å². The van der Waals surface area contributed by atoms with E-state index in [4.69, 9.17) is 10.5 Å². The van der Waals surface area contributed by atoms with Crippen molar-refractivity contribution in [3.8, 4) is 0 Å². The van der Waals surface area contributed by atoms with Crippen LogP contribution in [0.3, 0.4) is 0 Å². The molecule has 1 aromatic heterocycles. The molecule has 1 aliphatic heterocycles. The maximum absolute atomic E-state index is 11.6. The SMILES string of the molecule is NC1COCC1C(=O)Nc1ccn[nH]1. The molecule has 0 radical (unpaired) electrons. The summed E-state index contributed by atoms with van der Waals surface area (Å²) in [5.74, 6) is 0.187. The Kier molecular flexibility index (Phi) is 2.47. The van der Waals surface area contributed by atoms with Crippen LogP contribution >= 0.6 is 0 Å². The van der Waals surface area contributed by atoms with Gasteiger partial charge in [0, 0.05) is 12.1 Å². The second-order valence-corrected chi connectivity index (χ2v) is 3.27. The quantitative estimate of drug-likeness (QED) is 0.584. The number of aromatic amines is 1. The second-order valence-electron chi connectivity index (χ2n) is 3.27. The number of H-pyrrole nitrogens is 1. The smallest absolute Gasteiger partial charge is 0.232 e. The lowest BCUT2D eigenvalue weighted by Crippen LogP contribution is -2.37. The number of rotatable bonds is 2. The molecule has 0 spiro atoms. The predicted molar refractivity (Wildman–Crippen MR) is 49.5 cm³/mol. The summed E-state index contributed by atoms with van der Waals surface area (Å²) in [5, 5.41) is 9.04. The van der Waals surface area contributed by atoms with Crippen LogP contribution < -0.4 is 11.1 Å². The Hall–Kier alpha value is -1.40. The number of nitrogens with two attached hydrogens (primary N) is 1. The Morgan fingerprint density at radius 2 is 2.57 bits per heavy atom. The molecule has 0 saturated carbocycles. The third kappa shape index (κ3) is 1.75. The van der Waals surface area contributed by atoms with Crippen molar-refractivity contribution in [3.05, 3.63) is 12.3 Å². The van der Waals surface area contributed by atoms with Crippen molar-refractivity contribution in [2.45, 2.75) is 6.04 Å². The largest absolute Gasteiger partial charge is 0.379 e. The molecular formula is C8H12N4O2. The lowest BCUT2D eigenvalue weighted by molar-refractivity contribution is -0.120. The van der Waals surface area contributed by atoms with Crippen LogP contribution in [0.2, 0.25) is 0 Å². The van der Waals surface area contributed by atoms with Gasteiger partial charge in [-0.3, -0.25) is 9.89 Å². The van der Waals surface area contributed by atoms with Gasteiger partial charge in [0.05, 0.1) is 25.3 Å². The average molecular weight is 196 g/mol. The Bertz CT molecular complexity index is 311. The highest BCUT2D eigenvalue weighted by Gasteiger charge is 2.31. The first-order valence-electron chi connectivity index (χ1n) is 4.41. The molecule has 1 aliphatic rings. The van der Waals surface area contributed by atoms with Crippen molar-refractivity contribution in [2.75, 3.05) is 18.5 Å². The highest BCUT2D eigenvalue weighted by Crippen LogP contribution is 2.13. The van der Waals surface area contributed by atoms with Crippen molar-refractivity contribution in [3.63, 3.8) is 0 Å². The van der Waals surface area contributed by atoms with E-state index in [0.717, 1.165) is 0 Å². The zero-order chi connectivity index (χ0) is 9.97. The van der Waals surface area contributed by atoms with Crippen LogP contribution in [-0.2, 0) is 9.53 Å². The van der Waals surface area contributed by atoms with Crippen LogP contribution in [0.1, 0.15) is 0 Å². The summed E-state index contributed by atoms with van der Waals surface area (Å²) in [5.41, 5.74) is 5.70. The molecule has 1 aromatic rings. The van der Waals surface area contributed by atoms with E-state index in [0.29, 0.717) is 19.0 Å². The van der Waals surface area contributed by atoms with Gasteiger partial charge in [0.25, 0.3) is 0 Å². The Balaban J connectivity index is 1.95. The second kappa shape index (κ2) is 3.77. The van der Waals surface area contributed by atoms with E-state index in [1.807, 2.05) is 0 Å². The molecule has 14 heavy (non-hydrogen) atoms. The molecule has 4 N–H and O–H groups in total. The summed E-state index contributed by atoms with van der Waals surface area (Å²) < 4.78 is 5.10. The van der Waals surface area contributed by atoms with E-state index in [1.165, 1.54) is 0 Å². The number of carbonyl (C=O) groups is 1. The van der Waals surface area contributed by atoms with Gasteiger partial charge in [-0.25, -0.2) is 0 Å². The third-order valence-electron chi connectivity index (χ3n) is 2.22. The number of ether oxygens (including phenoxy) is 1. The van der Waals surface area contributed by atoms with Gasteiger partial charge in [-0.2, -0.15) is 5.10 Å². The zero-order valence-electron chi connectivity index (χ0n) is 7.56. The van der Waals surface area contributed by atoms with Crippen LogP contribution in [0, 0.1) is 5.92 Å². The van der Waals surface area contributed by atoms with E-state index in [-0.39, 0.29) is 17.9 Å². The molecule has 6 heteroatoms. The third-order valence-corrected chi connectivity index (χ3v) is 2.22. The van der Waals surface area contributed by atoms with Crippen molar-refractivity contribution < 1.29 is 9.53 Å². The maximum Gasteiger partial charge on any atom is 0.232 e. The molecular weight excluding hydrogens is 184 g/mol. The minimum absolute atomic E-state index is 0.126. The number of anilines is 1. The zero-order valence-corrected chi connectivity index (χ0v) is 7.56. The molecule has 0 aliphatic carbocycles. The molecule has 0 bridgehead atoms. The van der Waals surface area contributed by atoms with Crippen LogP contribution in [0.15, 0.2) is 12.3 Å². The Morgan fingerprint density at radius 3 is 3.14 bits per heavy atom. The summed E-state index contributed by atoms with van der Waals surface area (Å²) in [6, 6.07) is 1.47. The minimum atomic E-state index is -0.265. The molecule has 1 amide bonds. The lowest BCUT2D eigenvalue weighted by atomic mass is 10.0. The predicted octanol–water partition coefficient (Wildman–Crippen LogP) is -0.678. The summed E-state index contributed by atoms with van der Waals surface area (Å²) >= 11 is 0. The first-order chi connectivity index (χ1) is 6.77. The van der Waals surface area contributed by atoms with Crippen molar-refractivity contribution >= 4 is 11.7 Å². The average Bonchev–Trinajstić information content (AvgIpc) is 2.75. The molecule has 6 nitrogen and oxygen atoms in total. The molecule has 2 atom stereocenters. The van der Waals surface area contributed by atoms with E-state index in [2.05, 4.69) is 15.5 Å². The molecule has 2 heterocycles. The number of nitrogens with one attached hydrogen (secondary N) is 2. The van der Waals surface area contributed by atoms with Gasteiger partial charge in [0.15, 0.2) is 0 Å². The van der Waals surface area contributed by atoms with Crippen molar-refractivity contribution in [2.24, 2.45) is 11.7 Å². The molecule has 1 fully saturated rings. The number of amides is 1. The van der Waals surface area contributed by atoms with E-state index >= 15 is 0 Å². The molecule has 2 rings (SSSR count). The monoisotopic (exact) mass is 196 g/mol. The van der Waals surface area contributed by atoms with Gasteiger partial charge in [-0.05, 0) is 0 Å². The lowest BCUT2D eigenvalue weighted by Gasteiger charge is -2.11. The molecule has 76 valence electrons. The van der Waals surface area contributed by atoms with E-state index in [1.54, 1.807) is 12.3 Å². The van der Waals surface area contributed by atoms with Gasteiger partial charge in [0.2, 0.25) is 5.91 Å². The summed E-state index contributed by atoms with van der Waals surface area (Å²) in [7, 11) is 0. The molecule has 0 aromatic carbocycles. The van der Waals surface area contributed by atoms with Crippen LogP contribution in [0.4, 0.5) is 5.82 Å². The standard InChI is InChI=1S/C8H12N4O2/c9-6-4-14-3-5(6)8(13)11-7-1-2-10-12-7/h1-2,5-6H,3-4,9H2,(H2,10,11,12,13). The Morgan fingerprint density at radius 1 is 1.71 bits per heavy atom. The van der Waals surface area contributed by atoms with Gasteiger partial charge < -0.3 is 15.8 Å². The first-order valence-corrected chi connectivity index (χ1v) is 4.41. The number of carbonyl (C=O) groups excluding carboxylic acids is 1. The van der Waals surface area contributed by atoms with E-state index in [9.17, 15) is 4.79 Å². The van der Waals surface area contributed by atoms with E-state index < -0.39 is 0 Å².